The predicted molar refractivity (Wildman–Crippen MR) is 157 cm³/mol. The zero-order valence-electron chi connectivity index (χ0n) is 21.7. The Labute approximate surface area is 209 Å². The molecule has 0 nitrogen and oxygen atoms in total. The summed E-state index contributed by atoms with van der Waals surface area (Å²) in [7, 11) is 0. The van der Waals surface area contributed by atoms with Gasteiger partial charge in [0.25, 0.3) is 0 Å². The van der Waals surface area contributed by atoms with E-state index in [9.17, 15) is 0 Å². The number of benzene rings is 6. The van der Waals surface area contributed by atoms with Crippen molar-refractivity contribution in [3.05, 3.63) is 108 Å². The van der Waals surface area contributed by atoms with Gasteiger partial charge in [-0.05, 0) is 83.5 Å². The molecule has 0 amide bonds. The molecule has 174 valence electrons. The minimum Gasteiger partial charge on any atom is -0.0683 e. The Hall–Kier alpha value is -3.64. The average Bonchev–Trinajstić information content (AvgIpc) is 2.91. The van der Waals surface area contributed by atoms with Crippen molar-refractivity contribution in [2.45, 2.75) is 47.0 Å². The van der Waals surface area contributed by atoms with Crippen LogP contribution in [0.3, 0.4) is 0 Å². The van der Waals surface area contributed by atoms with Crippen LogP contribution >= 0.6 is 0 Å². The number of rotatable bonds is 0. The Morgan fingerprint density at radius 1 is 0.429 bits per heavy atom. The largest absolute Gasteiger partial charge is 0.0683 e. The molecule has 0 N–H and O–H groups in total. The summed E-state index contributed by atoms with van der Waals surface area (Å²) in [5.41, 5.74) is 5.61. The molecule has 6 aromatic carbocycles. The quantitative estimate of drug-likeness (QED) is 0.200. The van der Waals surface area contributed by atoms with Gasteiger partial charge >= 0.3 is 0 Å². The van der Waals surface area contributed by atoms with Gasteiger partial charge in [-0.15, -0.1) is 0 Å². The lowest BCUT2D eigenvalue weighted by atomic mass is 9.66. The SMILES string of the molecule is CC.CC.CC1(C)c2ccc3cc4ccccc4cc3c2-c2c3ccccc3cc3cccc1c23. The molecule has 0 heterocycles. The van der Waals surface area contributed by atoms with Crippen LogP contribution < -0.4 is 0 Å². The van der Waals surface area contributed by atoms with Gasteiger partial charge in [-0.1, -0.05) is 120 Å². The maximum absolute atomic E-state index is 2.40. The molecule has 0 bridgehead atoms. The Balaban J connectivity index is 0.000000605. The summed E-state index contributed by atoms with van der Waals surface area (Å²) in [5.74, 6) is 0. The number of hydrogen-bond donors (Lipinski definition) is 0. The topological polar surface area (TPSA) is 0 Å². The molecule has 0 atom stereocenters. The van der Waals surface area contributed by atoms with E-state index in [4.69, 9.17) is 0 Å². The molecule has 6 aromatic rings. The second-order valence-corrected chi connectivity index (χ2v) is 9.41. The summed E-state index contributed by atoms with van der Waals surface area (Å²) in [6, 6.07) is 36.2. The van der Waals surface area contributed by atoms with E-state index < -0.39 is 0 Å². The standard InChI is InChI=1S/C31H22.2C2H6/c1-31(2)26-13-7-11-23-17-21-10-5-6-12-24(21)30(28(23)26)29-25-18-20-9-4-3-8-19(20)16-22(25)14-15-27(29)31;2*1-2/h3-18H,1-2H3;2*1-2H3. The van der Waals surface area contributed by atoms with E-state index in [-0.39, 0.29) is 5.41 Å². The third-order valence-electron chi connectivity index (χ3n) is 7.37. The van der Waals surface area contributed by atoms with Gasteiger partial charge in [0.1, 0.15) is 0 Å². The lowest BCUT2D eigenvalue weighted by Crippen LogP contribution is -2.23. The van der Waals surface area contributed by atoms with Gasteiger partial charge < -0.3 is 0 Å². The zero-order chi connectivity index (χ0) is 24.7. The third kappa shape index (κ3) is 3.35. The molecular formula is C35H34. The molecule has 1 aliphatic carbocycles. The lowest BCUT2D eigenvalue weighted by molar-refractivity contribution is 0.646. The highest BCUT2D eigenvalue weighted by Gasteiger charge is 2.35. The summed E-state index contributed by atoms with van der Waals surface area (Å²) in [5, 5.41) is 10.7. The van der Waals surface area contributed by atoms with Gasteiger partial charge in [0.2, 0.25) is 0 Å². The monoisotopic (exact) mass is 454 g/mol. The first-order valence-corrected chi connectivity index (χ1v) is 13.0. The number of fused-ring (bicyclic) bond motifs is 7. The highest BCUT2D eigenvalue weighted by Crippen LogP contribution is 2.53. The maximum atomic E-state index is 2.40. The molecule has 0 saturated carbocycles. The highest BCUT2D eigenvalue weighted by atomic mass is 14.4. The summed E-state index contributed by atoms with van der Waals surface area (Å²) >= 11 is 0. The van der Waals surface area contributed by atoms with E-state index in [1.54, 1.807) is 0 Å². The van der Waals surface area contributed by atoms with Crippen molar-refractivity contribution in [1.82, 2.24) is 0 Å². The molecule has 0 aromatic heterocycles. The van der Waals surface area contributed by atoms with Gasteiger partial charge in [0.05, 0.1) is 0 Å². The van der Waals surface area contributed by atoms with Crippen molar-refractivity contribution >= 4 is 43.1 Å². The fourth-order valence-electron chi connectivity index (χ4n) is 5.85. The number of hydrogen-bond acceptors (Lipinski definition) is 0. The Morgan fingerprint density at radius 2 is 1.00 bits per heavy atom. The second kappa shape index (κ2) is 8.86. The van der Waals surface area contributed by atoms with Crippen molar-refractivity contribution in [2.24, 2.45) is 0 Å². The van der Waals surface area contributed by atoms with E-state index in [0.717, 1.165) is 0 Å². The molecule has 0 radical (unpaired) electrons. The van der Waals surface area contributed by atoms with Gasteiger partial charge in [-0.2, -0.15) is 0 Å². The van der Waals surface area contributed by atoms with E-state index in [1.807, 2.05) is 27.7 Å². The van der Waals surface area contributed by atoms with Crippen molar-refractivity contribution < 1.29 is 0 Å². The van der Waals surface area contributed by atoms with Gasteiger partial charge in [0.15, 0.2) is 0 Å². The van der Waals surface area contributed by atoms with Crippen LogP contribution in [0.2, 0.25) is 0 Å². The van der Waals surface area contributed by atoms with Crippen LogP contribution in [-0.2, 0) is 5.41 Å². The third-order valence-corrected chi connectivity index (χ3v) is 7.37. The van der Waals surface area contributed by atoms with Crippen molar-refractivity contribution in [3.8, 4) is 11.1 Å². The van der Waals surface area contributed by atoms with Crippen molar-refractivity contribution in [1.29, 1.82) is 0 Å². The summed E-state index contributed by atoms with van der Waals surface area (Å²) < 4.78 is 0. The molecule has 0 spiro atoms. The normalized spacial score (nSPS) is 13.1. The van der Waals surface area contributed by atoms with Crippen LogP contribution in [0.25, 0.3) is 54.2 Å². The van der Waals surface area contributed by atoms with E-state index in [0.29, 0.717) is 0 Å². The fourth-order valence-corrected chi connectivity index (χ4v) is 5.85. The average molecular weight is 455 g/mol. The fraction of sp³-hybridized carbons (Fsp3) is 0.200. The molecule has 7 rings (SSSR count). The van der Waals surface area contributed by atoms with Gasteiger partial charge in [0, 0.05) is 5.41 Å². The van der Waals surface area contributed by atoms with Crippen LogP contribution in [0.15, 0.2) is 97.1 Å². The molecule has 35 heavy (non-hydrogen) atoms. The lowest BCUT2D eigenvalue weighted by Gasteiger charge is -2.36. The second-order valence-electron chi connectivity index (χ2n) is 9.41. The predicted octanol–water partition coefficient (Wildman–Crippen LogP) is 10.7. The first-order valence-electron chi connectivity index (χ1n) is 13.0. The molecule has 0 fully saturated rings. The molecular weight excluding hydrogens is 420 g/mol. The van der Waals surface area contributed by atoms with Crippen LogP contribution in [0.1, 0.15) is 52.7 Å². The minimum absolute atomic E-state index is 0.0515. The minimum atomic E-state index is -0.0515. The molecule has 0 unspecified atom stereocenters. The van der Waals surface area contributed by atoms with E-state index in [2.05, 4.69) is 111 Å². The van der Waals surface area contributed by atoms with Gasteiger partial charge in [-0.3, -0.25) is 0 Å². The molecule has 0 heteroatoms. The van der Waals surface area contributed by atoms with Crippen LogP contribution in [0, 0.1) is 0 Å². The first kappa shape index (κ1) is 23.1. The van der Waals surface area contributed by atoms with Crippen LogP contribution in [0.4, 0.5) is 0 Å². The molecule has 0 saturated heterocycles. The Morgan fingerprint density at radius 3 is 1.74 bits per heavy atom. The summed E-state index contributed by atoms with van der Waals surface area (Å²) in [4.78, 5) is 0. The van der Waals surface area contributed by atoms with Gasteiger partial charge in [-0.25, -0.2) is 0 Å². The van der Waals surface area contributed by atoms with Crippen LogP contribution in [-0.4, -0.2) is 0 Å². The van der Waals surface area contributed by atoms with E-state index in [1.165, 1.54) is 65.3 Å². The summed E-state index contributed by atoms with van der Waals surface area (Å²) in [6.07, 6.45) is 0. The molecule has 1 aliphatic rings. The molecule has 0 aliphatic heterocycles. The Kier molecular flexibility index (Phi) is 5.85. The van der Waals surface area contributed by atoms with Crippen molar-refractivity contribution in [3.63, 3.8) is 0 Å². The first-order chi connectivity index (χ1) is 17.1. The summed E-state index contributed by atoms with van der Waals surface area (Å²) in [6.45, 7) is 12.8. The zero-order valence-corrected chi connectivity index (χ0v) is 21.7. The maximum Gasteiger partial charge on any atom is 0.0159 e. The highest BCUT2D eigenvalue weighted by molar-refractivity contribution is 6.21. The van der Waals surface area contributed by atoms with Crippen LogP contribution in [0.5, 0.6) is 0 Å². The van der Waals surface area contributed by atoms with E-state index >= 15 is 0 Å². The Bertz CT molecular complexity index is 1700. The smallest absolute Gasteiger partial charge is 0.0159 e. The van der Waals surface area contributed by atoms with Crippen molar-refractivity contribution in [2.75, 3.05) is 0 Å².